The number of hydrogen-bond donors (Lipinski definition) is 1. The van der Waals surface area contributed by atoms with E-state index in [0.29, 0.717) is 23.7 Å². The molecule has 0 saturated heterocycles. The number of amides is 2. The Kier molecular flexibility index (Phi) is 10.8. The highest BCUT2D eigenvalue weighted by Gasteiger charge is 2.26. The second kappa shape index (κ2) is 13.1. The largest absolute Gasteiger partial charge is 0.354 e. The quantitative estimate of drug-likeness (QED) is 0.374. The lowest BCUT2D eigenvalue weighted by Crippen LogP contribution is -2.48. The van der Waals surface area contributed by atoms with Gasteiger partial charge in [-0.05, 0) is 43.2 Å². The molecule has 0 radical (unpaired) electrons. The van der Waals surface area contributed by atoms with Crippen molar-refractivity contribution in [1.29, 1.82) is 0 Å². The van der Waals surface area contributed by atoms with Gasteiger partial charge in [-0.1, -0.05) is 59.1 Å². The van der Waals surface area contributed by atoms with E-state index in [1.54, 1.807) is 24.0 Å². The molecule has 4 nitrogen and oxygen atoms in total. The summed E-state index contributed by atoms with van der Waals surface area (Å²) in [5.41, 5.74) is 1.30. The predicted octanol–water partition coefficient (Wildman–Crippen LogP) is 5.81. The molecule has 0 aromatic heterocycles. The van der Waals surface area contributed by atoms with E-state index >= 15 is 0 Å². The van der Waals surface area contributed by atoms with Gasteiger partial charge < -0.3 is 10.2 Å². The first-order chi connectivity index (χ1) is 14.8. The van der Waals surface area contributed by atoms with Crippen LogP contribution in [-0.4, -0.2) is 35.1 Å². The molecule has 1 atom stereocenters. The number of carbonyl (C=O) groups is 2. The van der Waals surface area contributed by atoms with Crippen molar-refractivity contribution in [2.75, 3.05) is 12.3 Å². The number of halogens is 3. The monoisotopic (exact) mass is 528 g/mol. The summed E-state index contributed by atoms with van der Waals surface area (Å²) in [7, 11) is 0. The van der Waals surface area contributed by atoms with Crippen LogP contribution in [-0.2, 0) is 21.9 Å². The third-order valence-electron chi connectivity index (χ3n) is 4.80. The maximum Gasteiger partial charge on any atom is 0.242 e. The smallest absolute Gasteiger partial charge is 0.242 e. The van der Waals surface area contributed by atoms with Crippen LogP contribution in [0, 0.1) is 5.82 Å². The molecule has 168 valence electrons. The molecule has 0 aliphatic carbocycles. The Bertz CT molecular complexity index is 862. The second-order valence-corrected chi connectivity index (χ2v) is 9.47. The van der Waals surface area contributed by atoms with E-state index in [4.69, 9.17) is 11.6 Å². The van der Waals surface area contributed by atoms with E-state index in [0.717, 1.165) is 22.9 Å². The molecule has 31 heavy (non-hydrogen) atoms. The topological polar surface area (TPSA) is 49.4 Å². The van der Waals surface area contributed by atoms with Crippen LogP contribution in [0.5, 0.6) is 0 Å². The Morgan fingerprint density at radius 1 is 1.23 bits per heavy atom. The van der Waals surface area contributed by atoms with Crippen molar-refractivity contribution in [3.8, 4) is 0 Å². The number of hydrogen-bond acceptors (Lipinski definition) is 3. The van der Waals surface area contributed by atoms with Crippen LogP contribution >= 0.6 is 39.3 Å². The molecule has 2 amide bonds. The standard InChI is InChI=1S/C23H27BrClFN2O2S/c1-3-4-12-27-23(30)16(2)28(13-17-8-10-18(24)11-9-17)22(29)15-31-14-19-20(25)6-5-7-21(19)26/h5-11,16H,3-4,12-15H2,1-2H3,(H,27,30)/t16-/m0/s1. The second-order valence-electron chi connectivity index (χ2n) is 7.16. The third kappa shape index (κ3) is 8.13. The summed E-state index contributed by atoms with van der Waals surface area (Å²) in [5, 5.41) is 3.24. The molecule has 0 unspecified atom stereocenters. The maximum atomic E-state index is 14.0. The Morgan fingerprint density at radius 3 is 2.58 bits per heavy atom. The fourth-order valence-corrected chi connectivity index (χ4v) is 4.41. The summed E-state index contributed by atoms with van der Waals surface area (Å²) in [5.74, 6) is -0.351. The molecule has 0 aliphatic heterocycles. The normalized spacial score (nSPS) is 11.8. The average molecular weight is 530 g/mol. The fraction of sp³-hybridized carbons (Fsp3) is 0.391. The van der Waals surface area contributed by atoms with E-state index < -0.39 is 6.04 Å². The third-order valence-corrected chi connectivity index (χ3v) is 6.62. The molecule has 0 saturated carbocycles. The minimum atomic E-state index is -0.620. The number of rotatable bonds is 11. The zero-order valence-electron chi connectivity index (χ0n) is 17.7. The van der Waals surface area contributed by atoms with Crippen molar-refractivity contribution < 1.29 is 14.0 Å². The van der Waals surface area contributed by atoms with Gasteiger partial charge in [-0.15, -0.1) is 11.8 Å². The Balaban J connectivity index is 2.07. The van der Waals surface area contributed by atoms with Crippen molar-refractivity contribution in [2.45, 2.75) is 45.0 Å². The molecule has 0 bridgehead atoms. The van der Waals surface area contributed by atoms with Crippen LogP contribution in [0.3, 0.4) is 0 Å². The zero-order valence-corrected chi connectivity index (χ0v) is 20.8. The fourth-order valence-electron chi connectivity index (χ4n) is 2.90. The molecular weight excluding hydrogens is 503 g/mol. The minimum Gasteiger partial charge on any atom is -0.354 e. The lowest BCUT2D eigenvalue weighted by Gasteiger charge is -2.29. The Hall–Kier alpha value is -1.57. The van der Waals surface area contributed by atoms with Gasteiger partial charge in [-0.25, -0.2) is 4.39 Å². The molecule has 0 spiro atoms. The van der Waals surface area contributed by atoms with Crippen LogP contribution in [0.15, 0.2) is 46.9 Å². The van der Waals surface area contributed by atoms with Crippen LogP contribution in [0.1, 0.15) is 37.8 Å². The van der Waals surface area contributed by atoms with Crippen molar-refractivity contribution in [1.82, 2.24) is 10.2 Å². The summed E-state index contributed by atoms with van der Waals surface area (Å²) in [6, 6.07) is 11.5. The first-order valence-corrected chi connectivity index (χ1v) is 12.5. The number of thioether (sulfide) groups is 1. The number of unbranched alkanes of at least 4 members (excludes halogenated alkanes) is 1. The summed E-state index contributed by atoms with van der Waals surface area (Å²) < 4.78 is 14.9. The van der Waals surface area contributed by atoms with E-state index in [1.807, 2.05) is 24.3 Å². The summed E-state index contributed by atoms with van der Waals surface area (Å²) in [4.78, 5) is 27.2. The van der Waals surface area contributed by atoms with Gasteiger partial charge in [0.05, 0.1) is 5.75 Å². The highest BCUT2D eigenvalue weighted by atomic mass is 79.9. The Labute approximate surface area is 201 Å². The first-order valence-electron chi connectivity index (χ1n) is 10.2. The molecule has 0 fully saturated rings. The van der Waals surface area contributed by atoms with Crippen LogP contribution in [0.2, 0.25) is 5.02 Å². The van der Waals surface area contributed by atoms with Gasteiger partial charge in [-0.3, -0.25) is 9.59 Å². The predicted molar refractivity (Wildman–Crippen MR) is 130 cm³/mol. The van der Waals surface area contributed by atoms with Crippen LogP contribution in [0.4, 0.5) is 4.39 Å². The number of nitrogens with zero attached hydrogens (tertiary/aromatic N) is 1. The zero-order chi connectivity index (χ0) is 22.8. The molecule has 8 heteroatoms. The van der Waals surface area contributed by atoms with E-state index in [2.05, 4.69) is 28.2 Å². The molecule has 0 heterocycles. The molecule has 2 aromatic carbocycles. The lowest BCUT2D eigenvalue weighted by molar-refractivity contribution is -0.138. The average Bonchev–Trinajstić information content (AvgIpc) is 2.75. The number of carbonyl (C=O) groups excluding carboxylic acids is 2. The highest BCUT2D eigenvalue weighted by molar-refractivity contribution is 9.10. The highest BCUT2D eigenvalue weighted by Crippen LogP contribution is 2.24. The first kappa shape index (κ1) is 25.7. The van der Waals surface area contributed by atoms with E-state index in [-0.39, 0.29) is 29.1 Å². The minimum absolute atomic E-state index is 0.119. The summed E-state index contributed by atoms with van der Waals surface area (Å²) >= 11 is 10.8. The number of benzene rings is 2. The SMILES string of the molecule is CCCCNC(=O)[C@H](C)N(Cc1ccc(Br)cc1)C(=O)CSCc1c(F)cccc1Cl. The van der Waals surface area contributed by atoms with Crippen molar-refractivity contribution in [3.05, 3.63) is 68.9 Å². The van der Waals surface area contributed by atoms with Gasteiger partial charge in [0.2, 0.25) is 11.8 Å². The lowest BCUT2D eigenvalue weighted by atomic mass is 10.1. The van der Waals surface area contributed by atoms with E-state index in [9.17, 15) is 14.0 Å². The van der Waals surface area contributed by atoms with Crippen molar-refractivity contribution in [2.24, 2.45) is 0 Å². The van der Waals surface area contributed by atoms with Gasteiger partial charge in [0, 0.05) is 33.9 Å². The van der Waals surface area contributed by atoms with Gasteiger partial charge >= 0.3 is 0 Å². The van der Waals surface area contributed by atoms with Gasteiger partial charge in [0.25, 0.3) is 0 Å². The molecular formula is C23H27BrClFN2O2S. The number of nitrogens with one attached hydrogen (secondary N) is 1. The molecule has 2 aromatic rings. The Morgan fingerprint density at radius 2 is 1.94 bits per heavy atom. The van der Waals surface area contributed by atoms with Gasteiger partial charge in [-0.2, -0.15) is 0 Å². The van der Waals surface area contributed by atoms with Crippen molar-refractivity contribution >= 4 is 51.1 Å². The summed E-state index contributed by atoms with van der Waals surface area (Å²) in [6.07, 6.45) is 1.86. The summed E-state index contributed by atoms with van der Waals surface area (Å²) in [6.45, 7) is 4.68. The molecule has 1 N–H and O–H groups in total. The van der Waals surface area contributed by atoms with Gasteiger partial charge in [0.15, 0.2) is 0 Å². The molecule has 2 rings (SSSR count). The van der Waals surface area contributed by atoms with E-state index in [1.165, 1.54) is 17.8 Å². The van der Waals surface area contributed by atoms with Crippen molar-refractivity contribution in [3.63, 3.8) is 0 Å². The molecule has 0 aliphatic rings. The maximum absolute atomic E-state index is 14.0. The van der Waals surface area contributed by atoms with Gasteiger partial charge in [0.1, 0.15) is 11.9 Å². The van der Waals surface area contributed by atoms with Crippen LogP contribution < -0.4 is 5.32 Å². The van der Waals surface area contributed by atoms with Crippen LogP contribution in [0.25, 0.3) is 0 Å².